The topological polar surface area (TPSA) is 20.3 Å². The predicted octanol–water partition coefficient (Wildman–Crippen LogP) is 3.24. The van der Waals surface area contributed by atoms with Gasteiger partial charge in [-0.1, -0.05) is 33.6 Å². The Kier molecular flexibility index (Phi) is 5.53. The molecule has 1 aromatic carbocycles. The van der Waals surface area contributed by atoms with Gasteiger partial charge in [-0.25, -0.2) is 0 Å². The van der Waals surface area contributed by atoms with Gasteiger partial charge in [0.1, 0.15) is 0 Å². The molecule has 1 aromatic rings. The lowest BCUT2D eigenvalue weighted by atomic mass is 10.1. The van der Waals surface area contributed by atoms with Gasteiger partial charge in [-0.05, 0) is 32.4 Å². The summed E-state index contributed by atoms with van der Waals surface area (Å²) in [5.74, 6) is 0.128. The highest BCUT2D eigenvalue weighted by molar-refractivity contribution is 9.09. The number of benzene rings is 1. The number of hydrogen-bond acceptors (Lipinski definition) is 1. The van der Waals surface area contributed by atoms with Crippen molar-refractivity contribution >= 4 is 21.8 Å². The van der Waals surface area contributed by atoms with Gasteiger partial charge in [0.2, 0.25) is 0 Å². The highest BCUT2D eigenvalue weighted by Crippen LogP contribution is 2.08. The summed E-state index contributed by atoms with van der Waals surface area (Å²) >= 11 is 3.38. The number of rotatable bonds is 5. The van der Waals surface area contributed by atoms with E-state index in [1.165, 1.54) is 5.56 Å². The molecule has 0 atom stereocenters. The van der Waals surface area contributed by atoms with E-state index in [1.807, 2.05) is 43.0 Å². The number of amides is 1. The number of carbonyl (C=O) groups excluding carboxylic acids is 1. The van der Waals surface area contributed by atoms with E-state index in [2.05, 4.69) is 15.9 Å². The van der Waals surface area contributed by atoms with E-state index in [1.54, 1.807) is 0 Å². The lowest BCUT2D eigenvalue weighted by Crippen LogP contribution is -2.31. The first-order chi connectivity index (χ1) is 7.69. The van der Waals surface area contributed by atoms with Crippen LogP contribution in [0.1, 0.15) is 29.3 Å². The van der Waals surface area contributed by atoms with Crippen LogP contribution in [0.2, 0.25) is 0 Å². The SMILES string of the molecule is CCN(CCCBr)C(=O)c1ccc(C)cc1. The molecule has 0 fully saturated rings. The van der Waals surface area contributed by atoms with Crippen LogP contribution in [0.5, 0.6) is 0 Å². The van der Waals surface area contributed by atoms with Crippen molar-refractivity contribution in [1.82, 2.24) is 4.90 Å². The second-order valence-electron chi connectivity index (χ2n) is 3.79. The Morgan fingerprint density at radius 3 is 2.44 bits per heavy atom. The van der Waals surface area contributed by atoms with E-state index in [0.29, 0.717) is 0 Å². The minimum absolute atomic E-state index is 0.128. The maximum absolute atomic E-state index is 12.1. The summed E-state index contributed by atoms with van der Waals surface area (Å²) in [5, 5.41) is 0.935. The molecular formula is C13H18BrNO. The summed E-state index contributed by atoms with van der Waals surface area (Å²) in [6.07, 6.45) is 0.992. The van der Waals surface area contributed by atoms with E-state index >= 15 is 0 Å². The fraction of sp³-hybridized carbons (Fsp3) is 0.462. The second-order valence-corrected chi connectivity index (χ2v) is 4.59. The number of carbonyl (C=O) groups is 1. The van der Waals surface area contributed by atoms with Gasteiger partial charge in [0.05, 0.1) is 0 Å². The third kappa shape index (κ3) is 3.63. The van der Waals surface area contributed by atoms with Crippen molar-refractivity contribution in [2.45, 2.75) is 20.3 Å². The first kappa shape index (κ1) is 13.2. The molecule has 1 rings (SSSR count). The van der Waals surface area contributed by atoms with Gasteiger partial charge in [-0.2, -0.15) is 0 Å². The second kappa shape index (κ2) is 6.69. The number of hydrogen-bond donors (Lipinski definition) is 0. The summed E-state index contributed by atoms with van der Waals surface area (Å²) in [6, 6.07) is 7.75. The molecule has 0 aliphatic heterocycles. The lowest BCUT2D eigenvalue weighted by molar-refractivity contribution is 0.0765. The van der Waals surface area contributed by atoms with Crippen LogP contribution >= 0.6 is 15.9 Å². The van der Waals surface area contributed by atoms with Gasteiger partial charge in [0, 0.05) is 24.0 Å². The minimum Gasteiger partial charge on any atom is -0.339 e. The highest BCUT2D eigenvalue weighted by Gasteiger charge is 2.12. The predicted molar refractivity (Wildman–Crippen MR) is 71.2 cm³/mol. The molecule has 0 saturated carbocycles. The zero-order chi connectivity index (χ0) is 12.0. The quantitative estimate of drug-likeness (QED) is 0.760. The Balaban J connectivity index is 2.70. The van der Waals surface area contributed by atoms with Crippen LogP contribution in [0.25, 0.3) is 0 Å². The Hall–Kier alpha value is -0.830. The minimum atomic E-state index is 0.128. The van der Waals surface area contributed by atoms with E-state index in [4.69, 9.17) is 0 Å². The molecule has 0 aromatic heterocycles. The Bertz CT molecular complexity index is 334. The summed E-state index contributed by atoms with van der Waals surface area (Å²) in [4.78, 5) is 14.0. The molecule has 88 valence electrons. The molecule has 0 aliphatic carbocycles. The first-order valence-electron chi connectivity index (χ1n) is 5.61. The Labute approximate surface area is 106 Å². The molecular weight excluding hydrogens is 266 g/mol. The molecule has 3 heteroatoms. The fourth-order valence-corrected chi connectivity index (χ4v) is 1.78. The number of nitrogens with zero attached hydrogens (tertiary/aromatic N) is 1. The molecule has 0 saturated heterocycles. The van der Waals surface area contributed by atoms with Gasteiger partial charge in [0.25, 0.3) is 5.91 Å². The van der Waals surface area contributed by atoms with E-state index in [0.717, 1.165) is 30.4 Å². The highest BCUT2D eigenvalue weighted by atomic mass is 79.9. The van der Waals surface area contributed by atoms with Crippen molar-refractivity contribution < 1.29 is 4.79 Å². The Morgan fingerprint density at radius 1 is 1.31 bits per heavy atom. The van der Waals surface area contributed by atoms with Crippen LogP contribution in [0, 0.1) is 6.92 Å². The normalized spacial score (nSPS) is 10.2. The maximum Gasteiger partial charge on any atom is 0.253 e. The first-order valence-corrected chi connectivity index (χ1v) is 6.73. The third-order valence-electron chi connectivity index (χ3n) is 2.53. The molecule has 2 nitrogen and oxygen atoms in total. The molecule has 0 heterocycles. The van der Waals surface area contributed by atoms with Crippen LogP contribution in [0.3, 0.4) is 0 Å². The van der Waals surface area contributed by atoms with Crippen LogP contribution in [-0.2, 0) is 0 Å². The molecule has 16 heavy (non-hydrogen) atoms. The summed E-state index contributed by atoms with van der Waals surface area (Å²) in [6.45, 7) is 5.62. The number of alkyl halides is 1. The molecule has 0 N–H and O–H groups in total. The molecule has 0 bridgehead atoms. The largest absolute Gasteiger partial charge is 0.339 e. The monoisotopic (exact) mass is 283 g/mol. The van der Waals surface area contributed by atoms with Crippen LogP contribution < -0.4 is 0 Å². The summed E-state index contributed by atoms with van der Waals surface area (Å²) in [5.41, 5.74) is 1.96. The van der Waals surface area contributed by atoms with Gasteiger partial charge in [-0.3, -0.25) is 4.79 Å². The molecule has 0 unspecified atom stereocenters. The van der Waals surface area contributed by atoms with Crippen LogP contribution in [0.4, 0.5) is 0 Å². The molecule has 0 spiro atoms. The smallest absolute Gasteiger partial charge is 0.253 e. The average Bonchev–Trinajstić information content (AvgIpc) is 2.30. The summed E-state index contributed by atoms with van der Waals surface area (Å²) in [7, 11) is 0. The maximum atomic E-state index is 12.1. The van der Waals surface area contributed by atoms with E-state index in [-0.39, 0.29) is 5.91 Å². The number of aryl methyl sites for hydroxylation is 1. The van der Waals surface area contributed by atoms with Crippen LogP contribution in [0.15, 0.2) is 24.3 Å². The van der Waals surface area contributed by atoms with Crippen molar-refractivity contribution in [2.24, 2.45) is 0 Å². The van der Waals surface area contributed by atoms with Crippen molar-refractivity contribution in [3.8, 4) is 0 Å². The summed E-state index contributed by atoms with van der Waals surface area (Å²) < 4.78 is 0. The van der Waals surface area contributed by atoms with Crippen molar-refractivity contribution in [3.63, 3.8) is 0 Å². The average molecular weight is 284 g/mol. The fourth-order valence-electron chi connectivity index (χ4n) is 1.53. The van der Waals surface area contributed by atoms with Crippen molar-refractivity contribution in [1.29, 1.82) is 0 Å². The molecule has 0 aliphatic rings. The Morgan fingerprint density at radius 2 is 1.94 bits per heavy atom. The van der Waals surface area contributed by atoms with E-state index < -0.39 is 0 Å². The van der Waals surface area contributed by atoms with E-state index in [9.17, 15) is 4.79 Å². The lowest BCUT2D eigenvalue weighted by Gasteiger charge is -2.20. The number of halogens is 1. The van der Waals surface area contributed by atoms with Gasteiger partial charge < -0.3 is 4.90 Å². The van der Waals surface area contributed by atoms with Gasteiger partial charge in [0.15, 0.2) is 0 Å². The third-order valence-corrected chi connectivity index (χ3v) is 3.09. The molecule has 0 radical (unpaired) electrons. The van der Waals surface area contributed by atoms with Crippen molar-refractivity contribution in [2.75, 3.05) is 18.4 Å². The van der Waals surface area contributed by atoms with Crippen molar-refractivity contribution in [3.05, 3.63) is 35.4 Å². The van der Waals surface area contributed by atoms with Gasteiger partial charge >= 0.3 is 0 Å². The molecule has 1 amide bonds. The zero-order valence-corrected chi connectivity index (χ0v) is 11.5. The van der Waals surface area contributed by atoms with Gasteiger partial charge in [-0.15, -0.1) is 0 Å². The van der Waals surface area contributed by atoms with Crippen LogP contribution in [-0.4, -0.2) is 29.2 Å². The standard InChI is InChI=1S/C13H18BrNO/c1-3-15(10-4-9-14)13(16)12-7-5-11(2)6-8-12/h5-8H,3-4,9-10H2,1-2H3. The zero-order valence-electron chi connectivity index (χ0n) is 9.87.